The molecule has 0 aliphatic heterocycles. The van der Waals surface area contributed by atoms with Gasteiger partial charge in [0.05, 0.1) is 12.2 Å². The molecule has 0 spiro atoms. The molecule has 0 aliphatic rings. The highest BCUT2D eigenvalue weighted by molar-refractivity contribution is 8.13. The third kappa shape index (κ3) is 2.35. The SMILES string of the molecule is CCc1c(CO)ccc(S(=O)(=O)Cl)c1C#N. The molecule has 0 atom stereocenters. The van der Waals surface area contributed by atoms with E-state index in [0.717, 1.165) is 0 Å². The number of nitriles is 1. The van der Waals surface area contributed by atoms with Crippen molar-refractivity contribution in [3.05, 3.63) is 28.8 Å². The average molecular weight is 260 g/mol. The molecule has 1 N–H and O–H groups in total. The zero-order valence-electron chi connectivity index (χ0n) is 8.57. The van der Waals surface area contributed by atoms with Gasteiger partial charge in [-0.25, -0.2) is 8.42 Å². The summed E-state index contributed by atoms with van der Waals surface area (Å²) in [7, 11) is 1.29. The van der Waals surface area contributed by atoms with Crippen molar-refractivity contribution < 1.29 is 13.5 Å². The minimum absolute atomic E-state index is 0.0176. The van der Waals surface area contributed by atoms with Crippen molar-refractivity contribution in [3.8, 4) is 6.07 Å². The van der Waals surface area contributed by atoms with E-state index in [9.17, 15) is 8.42 Å². The highest BCUT2D eigenvalue weighted by Gasteiger charge is 2.19. The summed E-state index contributed by atoms with van der Waals surface area (Å²) in [4.78, 5) is -0.203. The van der Waals surface area contributed by atoms with Gasteiger partial charge in [0.15, 0.2) is 0 Å². The molecule has 16 heavy (non-hydrogen) atoms. The molecule has 0 radical (unpaired) electrons. The van der Waals surface area contributed by atoms with Crippen LogP contribution in [0.1, 0.15) is 23.6 Å². The van der Waals surface area contributed by atoms with Crippen molar-refractivity contribution in [3.63, 3.8) is 0 Å². The molecule has 1 aromatic rings. The number of halogens is 1. The molecular weight excluding hydrogens is 250 g/mol. The van der Waals surface area contributed by atoms with Crippen LogP contribution < -0.4 is 0 Å². The first kappa shape index (κ1) is 13.0. The van der Waals surface area contributed by atoms with E-state index in [2.05, 4.69) is 0 Å². The predicted octanol–water partition coefficient (Wildman–Crippen LogP) is 1.54. The third-order valence-corrected chi connectivity index (χ3v) is 3.63. The zero-order valence-corrected chi connectivity index (χ0v) is 10.1. The van der Waals surface area contributed by atoms with Gasteiger partial charge in [-0.15, -0.1) is 0 Å². The second-order valence-corrected chi connectivity index (χ2v) is 5.67. The summed E-state index contributed by atoms with van der Waals surface area (Å²) >= 11 is 0. The van der Waals surface area contributed by atoms with Gasteiger partial charge in [-0.1, -0.05) is 13.0 Å². The summed E-state index contributed by atoms with van der Waals surface area (Å²) < 4.78 is 22.5. The molecule has 4 nitrogen and oxygen atoms in total. The van der Waals surface area contributed by atoms with Gasteiger partial charge in [-0.2, -0.15) is 5.26 Å². The highest BCUT2D eigenvalue weighted by Crippen LogP contribution is 2.25. The lowest BCUT2D eigenvalue weighted by Crippen LogP contribution is -2.03. The molecule has 0 bridgehead atoms. The average Bonchev–Trinajstić information content (AvgIpc) is 2.25. The summed E-state index contributed by atoms with van der Waals surface area (Å²) in [6.45, 7) is 1.54. The fourth-order valence-corrected chi connectivity index (χ4v) is 2.58. The van der Waals surface area contributed by atoms with Crippen molar-refractivity contribution in [2.75, 3.05) is 0 Å². The lowest BCUT2D eigenvalue weighted by Gasteiger charge is -2.09. The normalized spacial score (nSPS) is 11.1. The number of rotatable bonds is 3. The summed E-state index contributed by atoms with van der Waals surface area (Å²) in [5.74, 6) is 0. The van der Waals surface area contributed by atoms with Crippen LogP contribution in [0, 0.1) is 11.3 Å². The number of hydrogen-bond donors (Lipinski definition) is 1. The quantitative estimate of drug-likeness (QED) is 0.835. The van der Waals surface area contributed by atoms with E-state index in [1.165, 1.54) is 12.1 Å². The Labute approximate surface area is 98.5 Å². The van der Waals surface area contributed by atoms with Crippen LogP contribution in [0.5, 0.6) is 0 Å². The molecule has 0 heterocycles. The lowest BCUT2D eigenvalue weighted by atomic mass is 10.00. The van der Waals surface area contributed by atoms with E-state index in [0.29, 0.717) is 17.5 Å². The monoisotopic (exact) mass is 259 g/mol. The fraction of sp³-hybridized carbons (Fsp3) is 0.300. The first-order valence-electron chi connectivity index (χ1n) is 4.56. The second-order valence-electron chi connectivity index (χ2n) is 3.14. The van der Waals surface area contributed by atoms with Gasteiger partial charge in [-0.3, -0.25) is 0 Å². The molecule has 0 unspecified atom stereocenters. The Balaban J connectivity index is 3.65. The van der Waals surface area contributed by atoms with Crippen molar-refractivity contribution in [1.82, 2.24) is 0 Å². The van der Waals surface area contributed by atoms with Crippen LogP contribution in [0.15, 0.2) is 17.0 Å². The summed E-state index contributed by atoms with van der Waals surface area (Å²) in [6, 6.07) is 4.53. The van der Waals surface area contributed by atoms with Gasteiger partial charge in [0, 0.05) is 10.7 Å². The predicted molar refractivity (Wildman–Crippen MR) is 59.5 cm³/mol. The smallest absolute Gasteiger partial charge is 0.262 e. The Hall–Kier alpha value is -1.09. The van der Waals surface area contributed by atoms with Crippen LogP contribution in [0.3, 0.4) is 0 Å². The van der Waals surface area contributed by atoms with Crippen LogP contribution in [0.4, 0.5) is 0 Å². The van der Waals surface area contributed by atoms with Crippen molar-refractivity contribution >= 4 is 19.7 Å². The molecule has 0 fully saturated rings. The minimum Gasteiger partial charge on any atom is -0.392 e. The maximum Gasteiger partial charge on any atom is 0.262 e. The first-order chi connectivity index (χ1) is 7.45. The van der Waals surface area contributed by atoms with Gasteiger partial charge >= 0.3 is 0 Å². The number of nitrogens with zero attached hydrogens (tertiary/aromatic N) is 1. The molecule has 0 aromatic heterocycles. The molecule has 6 heteroatoms. The first-order valence-corrected chi connectivity index (χ1v) is 6.87. The van der Waals surface area contributed by atoms with Gasteiger partial charge in [0.1, 0.15) is 11.0 Å². The van der Waals surface area contributed by atoms with Crippen LogP contribution in [0.2, 0.25) is 0 Å². The Morgan fingerprint density at radius 3 is 2.50 bits per heavy atom. The third-order valence-electron chi connectivity index (χ3n) is 2.27. The number of hydrogen-bond acceptors (Lipinski definition) is 4. The van der Waals surface area contributed by atoms with Crippen molar-refractivity contribution in [2.24, 2.45) is 0 Å². The van der Waals surface area contributed by atoms with Crippen LogP contribution in [-0.2, 0) is 22.1 Å². The lowest BCUT2D eigenvalue weighted by molar-refractivity contribution is 0.280. The molecular formula is C10H10ClNO3S. The standard InChI is InChI=1S/C10H10ClNO3S/c1-2-8-7(6-13)3-4-10(9(8)5-12)16(11,14)15/h3-4,13H,2,6H2,1H3. The molecule has 0 aliphatic carbocycles. The van der Waals surface area contributed by atoms with E-state index in [-0.39, 0.29) is 17.1 Å². The Kier molecular flexibility index (Phi) is 3.92. The molecule has 0 saturated carbocycles. The topological polar surface area (TPSA) is 78.2 Å². The summed E-state index contributed by atoms with van der Waals surface area (Å²) in [5, 5.41) is 18.0. The van der Waals surface area contributed by atoms with Crippen LogP contribution >= 0.6 is 10.7 Å². The Bertz CT molecular complexity index is 546. The van der Waals surface area contributed by atoms with E-state index >= 15 is 0 Å². The van der Waals surface area contributed by atoms with Gasteiger partial charge in [-0.05, 0) is 23.6 Å². The van der Waals surface area contributed by atoms with Gasteiger partial charge in [0.2, 0.25) is 0 Å². The maximum absolute atomic E-state index is 11.2. The zero-order chi connectivity index (χ0) is 12.3. The van der Waals surface area contributed by atoms with Gasteiger partial charge < -0.3 is 5.11 Å². The number of benzene rings is 1. The Morgan fingerprint density at radius 1 is 1.50 bits per heavy atom. The molecule has 1 rings (SSSR count). The van der Waals surface area contributed by atoms with Crippen molar-refractivity contribution in [1.29, 1.82) is 5.26 Å². The van der Waals surface area contributed by atoms with E-state index < -0.39 is 9.05 Å². The van der Waals surface area contributed by atoms with Crippen molar-refractivity contribution in [2.45, 2.75) is 24.8 Å². The molecule has 0 saturated heterocycles. The van der Waals surface area contributed by atoms with Crippen LogP contribution in [0.25, 0.3) is 0 Å². The van der Waals surface area contributed by atoms with E-state index in [1.54, 1.807) is 6.92 Å². The number of aliphatic hydroxyl groups is 1. The number of aliphatic hydroxyl groups excluding tert-OH is 1. The highest BCUT2D eigenvalue weighted by atomic mass is 35.7. The summed E-state index contributed by atoms with van der Waals surface area (Å²) in [5.41, 5.74) is 1.08. The minimum atomic E-state index is -3.94. The van der Waals surface area contributed by atoms with Crippen LogP contribution in [-0.4, -0.2) is 13.5 Å². The summed E-state index contributed by atoms with van der Waals surface area (Å²) in [6.07, 6.45) is 0.457. The van der Waals surface area contributed by atoms with Gasteiger partial charge in [0.25, 0.3) is 9.05 Å². The van der Waals surface area contributed by atoms with E-state index in [1.807, 2.05) is 6.07 Å². The molecule has 1 aromatic carbocycles. The maximum atomic E-state index is 11.2. The molecule has 0 amide bonds. The second kappa shape index (κ2) is 4.83. The fourth-order valence-electron chi connectivity index (χ4n) is 1.55. The Morgan fingerprint density at radius 2 is 2.12 bits per heavy atom. The van der Waals surface area contributed by atoms with E-state index in [4.69, 9.17) is 21.1 Å². The molecule has 86 valence electrons. The largest absolute Gasteiger partial charge is 0.392 e.